The Kier molecular flexibility index (Phi) is 5.50. The lowest BCUT2D eigenvalue weighted by Gasteiger charge is -2.11. The number of carbonyl (C=O) groups excluding carboxylic acids is 1. The molecule has 0 aliphatic rings. The molecule has 1 aromatic carbocycles. The first-order valence-corrected chi connectivity index (χ1v) is 8.21. The number of hydrogen-bond acceptors (Lipinski definition) is 6. The first kappa shape index (κ1) is 18.2. The first-order valence-electron chi connectivity index (χ1n) is 8.21. The number of benzene rings is 1. The zero-order chi connectivity index (χ0) is 19.2. The Bertz CT molecular complexity index is 982. The van der Waals surface area contributed by atoms with Crippen LogP contribution in [0.3, 0.4) is 0 Å². The van der Waals surface area contributed by atoms with Crippen LogP contribution in [0.1, 0.15) is 10.4 Å². The van der Waals surface area contributed by atoms with E-state index in [2.05, 4.69) is 15.5 Å². The fraction of sp³-hybridized carbons (Fsp3) is 0.222. The lowest BCUT2D eigenvalue weighted by Crippen LogP contribution is -2.32. The van der Waals surface area contributed by atoms with Crippen molar-refractivity contribution in [3.8, 4) is 17.3 Å². The minimum Gasteiger partial charge on any atom is -0.497 e. The number of nitrogens with one attached hydrogen (secondary N) is 1. The van der Waals surface area contributed by atoms with Crippen LogP contribution in [0.15, 0.2) is 53.6 Å². The maximum atomic E-state index is 12.5. The molecule has 0 radical (unpaired) electrons. The quantitative estimate of drug-likeness (QED) is 0.663. The first-order chi connectivity index (χ1) is 13.1. The molecule has 0 fully saturated rings. The van der Waals surface area contributed by atoms with Gasteiger partial charge in [0.25, 0.3) is 11.5 Å². The van der Waals surface area contributed by atoms with E-state index in [1.807, 2.05) is 0 Å². The monoisotopic (exact) mass is 369 g/mol. The Balaban J connectivity index is 1.69. The topological polar surface area (TPSA) is 100 Å². The van der Waals surface area contributed by atoms with Crippen LogP contribution in [0.4, 0.5) is 0 Å². The van der Waals surface area contributed by atoms with Gasteiger partial charge in [0.1, 0.15) is 11.5 Å². The lowest BCUT2D eigenvalue weighted by atomic mass is 10.1. The van der Waals surface area contributed by atoms with Gasteiger partial charge in [-0.15, -0.1) is 5.10 Å². The molecule has 9 heteroatoms. The highest BCUT2D eigenvalue weighted by Gasteiger charge is 2.13. The van der Waals surface area contributed by atoms with Crippen molar-refractivity contribution >= 4 is 5.91 Å². The van der Waals surface area contributed by atoms with Gasteiger partial charge in [-0.3, -0.25) is 9.59 Å². The number of amides is 1. The van der Waals surface area contributed by atoms with Crippen molar-refractivity contribution in [1.82, 2.24) is 24.9 Å². The van der Waals surface area contributed by atoms with Crippen molar-refractivity contribution in [2.24, 2.45) is 0 Å². The Morgan fingerprint density at radius 2 is 2.04 bits per heavy atom. The summed E-state index contributed by atoms with van der Waals surface area (Å²) in [6, 6.07) is 9.73. The Labute approximate surface area is 155 Å². The summed E-state index contributed by atoms with van der Waals surface area (Å²) in [6.45, 7) is 0.431. The van der Waals surface area contributed by atoms with E-state index in [-0.39, 0.29) is 24.6 Å². The second kappa shape index (κ2) is 8.17. The van der Waals surface area contributed by atoms with Crippen LogP contribution in [0.2, 0.25) is 0 Å². The van der Waals surface area contributed by atoms with Crippen LogP contribution >= 0.6 is 0 Å². The van der Waals surface area contributed by atoms with Gasteiger partial charge in [0.2, 0.25) is 0 Å². The third-order valence-corrected chi connectivity index (χ3v) is 3.85. The number of rotatable bonds is 7. The van der Waals surface area contributed by atoms with E-state index in [9.17, 15) is 9.59 Å². The molecular formula is C18H19N5O4. The van der Waals surface area contributed by atoms with Crippen LogP contribution < -0.4 is 20.3 Å². The molecule has 0 aliphatic carbocycles. The molecule has 0 aliphatic heterocycles. The van der Waals surface area contributed by atoms with Crippen molar-refractivity contribution in [2.75, 3.05) is 20.8 Å². The van der Waals surface area contributed by atoms with Gasteiger partial charge in [-0.05, 0) is 30.3 Å². The lowest BCUT2D eigenvalue weighted by molar-refractivity contribution is 0.0948. The van der Waals surface area contributed by atoms with Gasteiger partial charge in [-0.2, -0.15) is 5.10 Å². The van der Waals surface area contributed by atoms with E-state index in [1.54, 1.807) is 47.4 Å². The SMILES string of the molecule is COc1ccc(OC)c(C(=O)NCCn2nc(-n3cccn3)ccc2=O)c1. The minimum absolute atomic E-state index is 0.214. The second-order valence-corrected chi connectivity index (χ2v) is 5.53. The second-order valence-electron chi connectivity index (χ2n) is 5.53. The normalized spacial score (nSPS) is 10.4. The molecule has 2 aromatic heterocycles. The van der Waals surface area contributed by atoms with Crippen molar-refractivity contribution in [2.45, 2.75) is 6.54 Å². The van der Waals surface area contributed by atoms with Gasteiger partial charge in [0, 0.05) is 25.0 Å². The summed E-state index contributed by atoms with van der Waals surface area (Å²) in [5.74, 6) is 1.16. The van der Waals surface area contributed by atoms with E-state index in [0.29, 0.717) is 22.9 Å². The number of methoxy groups -OCH3 is 2. The van der Waals surface area contributed by atoms with E-state index in [0.717, 1.165) is 0 Å². The predicted octanol–water partition coefficient (Wildman–Crippen LogP) is 0.876. The largest absolute Gasteiger partial charge is 0.497 e. The van der Waals surface area contributed by atoms with Crippen LogP contribution in [0.5, 0.6) is 11.5 Å². The van der Waals surface area contributed by atoms with Crippen LogP contribution in [-0.2, 0) is 6.54 Å². The van der Waals surface area contributed by atoms with Gasteiger partial charge in [-0.1, -0.05) is 0 Å². The molecule has 0 unspecified atom stereocenters. The Morgan fingerprint density at radius 3 is 2.74 bits per heavy atom. The summed E-state index contributed by atoms with van der Waals surface area (Å²) in [5, 5.41) is 11.1. The van der Waals surface area contributed by atoms with Gasteiger partial charge in [0.05, 0.1) is 26.3 Å². The maximum absolute atomic E-state index is 12.5. The smallest absolute Gasteiger partial charge is 0.266 e. The van der Waals surface area contributed by atoms with E-state index < -0.39 is 0 Å². The number of hydrogen-bond donors (Lipinski definition) is 1. The van der Waals surface area contributed by atoms with E-state index in [4.69, 9.17) is 9.47 Å². The fourth-order valence-electron chi connectivity index (χ4n) is 2.49. The molecule has 0 saturated carbocycles. The summed E-state index contributed by atoms with van der Waals surface area (Å²) in [5.41, 5.74) is 0.0848. The minimum atomic E-state index is -0.331. The van der Waals surface area contributed by atoms with E-state index in [1.165, 1.54) is 25.0 Å². The highest BCUT2D eigenvalue weighted by atomic mass is 16.5. The summed E-state index contributed by atoms with van der Waals surface area (Å²) in [7, 11) is 3.01. The summed E-state index contributed by atoms with van der Waals surface area (Å²) >= 11 is 0. The summed E-state index contributed by atoms with van der Waals surface area (Å²) < 4.78 is 13.2. The molecule has 0 spiro atoms. The van der Waals surface area contributed by atoms with Crippen molar-refractivity contribution < 1.29 is 14.3 Å². The number of aromatic nitrogens is 4. The van der Waals surface area contributed by atoms with Gasteiger partial charge < -0.3 is 14.8 Å². The molecular weight excluding hydrogens is 350 g/mol. The average Bonchev–Trinajstić information content (AvgIpc) is 3.23. The molecule has 27 heavy (non-hydrogen) atoms. The zero-order valence-corrected chi connectivity index (χ0v) is 15.0. The molecule has 9 nitrogen and oxygen atoms in total. The highest BCUT2D eigenvalue weighted by Crippen LogP contribution is 2.23. The van der Waals surface area contributed by atoms with Crippen molar-refractivity contribution in [1.29, 1.82) is 0 Å². The van der Waals surface area contributed by atoms with Crippen LogP contribution in [-0.4, -0.2) is 46.2 Å². The molecule has 1 amide bonds. The maximum Gasteiger partial charge on any atom is 0.266 e. The van der Waals surface area contributed by atoms with Crippen LogP contribution in [0, 0.1) is 0 Å². The van der Waals surface area contributed by atoms with Crippen molar-refractivity contribution in [3.05, 3.63) is 64.7 Å². The fourth-order valence-corrected chi connectivity index (χ4v) is 2.49. The molecule has 3 aromatic rings. The third-order valence-electron chi connectivity index (χ3n) is 3.85. The van der Waals surface area contributed by atoms with Gasteiger partial charge in [0.15, 0.2) is 5.82 Å². The average molecular weight is 369 g/mol. The standard InChI is InChI=1S/C18H19N5O4/c1-26-13-4-5-15(27-2)14(12-13)18(25)19-9-11-23-17(24)7-6-16(21-23)22-10-3-8-20-22/h3-8,10,12H,9,11H2,1-2H3,(H,19,25). The number of ether oxygens (including phenoxy) is 2. The number of nitrogens with zero attached hydrogens (tertiary/aromatic N) is 4. The Hall–Kier alpha value is -3.62. The van der Waals surface area contributed by atoms with Gasteiger partial charge >= 0.3 is 0 Å². The molecule has 3 rings (SSSR count). The summed E-state index contributed by atoms with van der Waals surface area (Å²) in [4.78, 5) is 24.4. The number of carbonyl (C=O) groups is 1. The molecule has 140 valence electrons. The zero-order valence-electron chi connectivity index (χ0n) is 15.0. The van der Waals surface area contributed by atoms with E-state index >= 15 is 0 Å². The van der Waals surface area contributed by atoms with Crippen molar-refractivity contribution in [3.63, 3.8) is 0 Å². The Morgan fingerprint density at radius 1 is 1.19 bits per heavy atom. The van der Waals surface area contributed by atoms with Crippen LogP contribution in [0.25, 0.3) is 5.82 Å². The highest BCUT2D eigenvalue weighted by molar-refractivity contribution is 5.97. The molecule has 0 atom stereocenters. The molecule has 0 saturated heterocycles. The molecule has 1 N–H and O–H groups in total. The predicted molar refractivity (Wildman–Crippen MR) is 97.5 cm³/mol. The summed E-state index contributed by atoms with van der Waals surface area (Å²) in [6.07, 6.45) is 3.35. The van der Waals surface area contributed by atoms with Gasteiger partial charge in [-0.25, -0.2) is 9.36 Å². The molecule has 2 heterocycles. The molecule has 0 bridgehead atoms. The third kappa shape index (κ3) is 4.14.